The summed E-state index contributed by atoms with van der Waals surface area (Å²) in [5.74, 6) is 0.916. The van der Waals surface area contributed by atoms with Gasteiger partial charge in [0.25, 0.3) is 0 Å². The number of rotatable bonds is 5. The summed E-state index contributed by atoms with van der Waals surface area (Å²) in [7, 11) is 0. The third-order valence-corrected chi connectivity index (χ3v) is 6.18. The maximum absolute atomic E-state index is 12.5. The molecule has 0 spiro atoms. The number of thiophene rings is 1. The van der Waals surface area contributed by atoms with Crippen LogP contribution in [-0.4, -0.2) is 36.5 Å². The van der Waals surface area contributed by atoms with E-state index in [1.165, 1.54) is 30.8 Å². The normalized spacial score (nSPS) is 22.4. The van der Waals surface area contributed by atoms with E-state index >= 15 is 0 Å². The van der Waals surface area contributed by atoms with E-state index in [0.29, 0.717) is 12.0 Å². The Hall–Kier alpha value is -0.870. The lowest BCUT2D eigenvalue weighted by Crippen LogP contribution is -2.43. The fraction of sp³-hybridized carbons (Fsp3) is 0.706. The minimum atomic E-state index is -0.174. The second-order valence-corrected chi connectivity index (χ2v) is 7.79. The van der Waals surface area contributed by atoms with Gasteiger partial charge in [-0.3, -0.25) is 4.79 Å². The van der Waals surface area contributed by atoms with E-state index in [0.717, 1.165) is 19.4 Å². The first kappa shape index (κ1) is 15.0. The molecule has 1 aliphatic heterocycles. The van der Waals surface area contributed by atoms with E-state index in [-0.39, 0.29) is 11.3 Å². The van der Waals surface area contributed by atoms with Crippen LogP contribution in [0.4, 0.5) is 0 Å². The molecule has 2 aliphatic rings. The van der Waals surface area contributed by atoms with Crippen molar-refractivity contribution < 1.29 is 4.79 Å². The zero-order chi connectivity index (χ0) is 14.9. The van der Waals surface area contributed by atoms with Crippen molar-refractivity contribution in [2.75, 3.05) is 19.6 Å². The van der Waals surface area contributed by atoms with Crippen LogP contribution in [0, 0.1) is 5.92 Å². The fourth-order valence-electron chi connectivity index (χ4n) is 3.34. The SMILES string of the molecule is CC(C)N1CCC(CNC(=O)C2(c3cccs3)CC2)CC1. The van der Waals surface area contributed by atoms with Gasteiger partial charge in [-0.1, -0.05) is 6.07 Å². The van der Waals surface area contributed by atoms with Gasteiger partial charge in [0.1, 0.15) is 0 Å². The molecule has 1 N–H and O–H groups in total. The van der Waals surface area contributed by atoms with Gasteiger partial charge in [0.2, 0.25) is 5.91 Å². The smallest absolute Gasteiger partial charge is 0.231 e. The highest BCUT2D eigenvalue weighted by molar-refractivity contribution is 7.10. The second-order valence-electron chi connectivity index (χ2n) is 6.84. The fourth-order valence-corrected chi connectivity index (χ4v) is 4.32. The Morgan fingerprint density at radius 3 is 2.67 bits per heavy atom. The van der Waals surface area contributed by atoms with Crippen LogP contribution in [0.25, 0.3) is 0 Å². The van der Waals surface area contributed by atoms with Gasteiger partial charge in [0, 0.05) is 17.5 Å². The van der Waals surface area contributed by atoms with Crippen LogP contribution >= 0.6 is 11.3 Å². The predicted octanol–water partition coefficient (Wildman–Crippen LogP) is 3.02. The number of hydrogen-bond acceptors (Lipinski definition) is 3. The number of carbonyl (C=O) groups is 1. The summed E-state index contributed by atoms with van der Waals surface area (Å²) < 4.78 is 0. The quantitative estimate of drug-likeness (QED) is 0.907. The molecule has 0 aromatic carbocycles. The zero-order valence-corrected chi connectivity index (χ0v) is 13.9. The third-order valence-electron chi connectivity index (χ3n) is 5.11. The first-order valence-corrected chi connectivity index (χ1v) is 9.06. The molecule has 116 valence electrons. The van der Waals surface area contributed by atoms with Gasteiger partial charge in [-0.25, -0.2) is 0 Å². The van der Waals surface area contributed by atoms with E-state index in [4.69, 9.17) is 0 Å². The maximum atomic E-state index is 12.5. The Balaban J connectivity index is 1.47. The molecule has 0 atom stereocenters. The van der Waals surface area contributed by atoms with Gasteiger partial charge in [-0.15, -0.1) is 11.3 Å². The van der Waals surface area contributed by atoms with E-state index in [1.54, 1.807) is 11.3 Å². The van der Waals surface area contributed by atoms with Crippen molar-refractivity contribution in [3.8, 4) is 0 Å². The number of piperidine rings is 1. The van der Waals surface area contributed by atoms with Crippen LogP contribution < -0.4 is 5.32 Å². The van der Waals surface area contributed by atoms with Gasteiger partial charge < -0.3 is 10.2 Å². The molecular weight excluding hydrogens is 280 g/mol. The molecule has 0 radical (unpaired) electrons. The standard InChI is InChI=1S/C17H26N2OS/c1-13(2)19-9-5-14(6-10-19)12-18-16(20)17(7-8-17)15-4-3-11-21-15/h3-4,11,13-14H,5-10,12H2,1-2H3,(H,18,20). The van der Waals surface area contributed by atoms with Crippen molar-refractivity contribution >= 4 is 17.2 Å². The summed E-state index contributed by atoms with van der Waals surface area (Å²) in [6, 6.07) is 4.81. The number of hydrogen-bond donors (Lipinski definition) is 1. The first-order valence-electron chi connectivity index (χ1n) is 8.18. The Morgan fingerprint density at radius 2 is 2.14 bits per heavy atom. The predicted molar refractivity (Wildman–Crippen MR) is 87.7 cm³/mol. The van der Waals surface area contributed by atoms with Crippen molar-refractivity contribution in [2.45, 2.75) is 51.0 Å². The van der Waals surface area contributed by atoms with E-state index in [9.17, 15) is 4.79 Å². The number of carbonyl (C=O) groups excluding carboxylic acids is 1. The summed E-state index contributed by atoms with van der Waals surface area (Å²) >= 11 is 1.72. The molecule has 2 fully saturated rings. The Morgan fingerprint density at radius 1 is 1.43 bits per heavy atom. The average Bonchev–Trinajstić information content (AvgIpc) is 3.12. The van der Waals surface area contributed by atoms with E-state index in [1.807, 2.05) is 0 Å². The lowest BCUT2D eigenvalue weighted by molar-refractivity contribution is -0.123. The van der Waals surface area contributed by atoms with Crippen molar-refractivity contribution in [1.29, 1.82) is 0 Å². The Bertz CT molecular complexity index is 471. The second kappa shape index (κ2) is 6.09. The highest BCUT2D eigenvalue weighted by atomic mass is 32.1. The summed E-state index contributed by atoms with van der Waals surface area (Å²) in [6.07, 6.45) is 4.46. The van der Waals surface area contributed by atoms with Crippen LogP contribution in [0.1, 0.15) is 44.4 Å². The third kappa shape index (κ3) is 3.16. The molecular formula is C17H26N2OS. The summed E-state index contributed by atoms with van der Waals surface area (Å²) in [6.45, 7) is 7.74. The highest BCUT2D eigenvalue weighted by Gasteiger charge is 2.52. The zero-order valence-electron chi connectivity index (χ0n) is 13.1. The number of amides is 1. The Labute approximate surface area is 131 Å². The largest absolute Gasteiger partial charge is 0.355 e. The molecule has 21 heavy (non-hydrogen) atoms. The molecule has 1 aromatic rings. The molecule has 4 heteroatoms. The van der Waals surface area contributed by atoms with Gasteiger partial charge in [0.05, 0.1) is 5.41 Å². The first-order chi connectivity index (χ1) is 10.1. The van der Waals surface area contributed by atoms with Crippen LogP contribution in [0.3, 0.4) is 0 Å². The Kier molecular flexibility index (Phi) is 4.36. The summed E-state index contributed by atoms with van der Waals surface area (Å²) in [4.78, 5) is 16.3. The molecule has 3 rings (SSSR count). The van der Waals surface area contributed by atoms with E-state index in [2.05, 4.69) is 41.6 Å². The van der Waals surface area contributed by atoms with Crippen molar-refractivity contribution in [1.82, 2.24) is 10.2 Å². The molecule has 3 nitrogen and oxygen atoms in total. The molecule has 0 bridgehead atoms. The summed E-state index contributed by atoms with van der Waals surface area (Å²) in [5.41, 5.74) is -0.174. The molecule has 1 aromatic heterocycles. The minimum Gasteiger partial charge on any atom is -0.355 e. The number of likely N-dealkylation sites (tertiary alicyclic amines) is 1. The highest BCUT2D eigenvalue weighted by Crippen LogP contribution is 2.50. The van der Waals surface area contributed by atoms with Gasteiger partial charge >= 0.3 is 0 Å². The molecule has 1 saturated carbocycles. The lowest BCUT2D eigenvalue weighted by Gasteiger charge is -2.34. The lowest BCUT2D eigenvalue weighted by atomic mass is 9.95. The van der Waals surface area contributed by atoms with Crippen LogP contribution in [0.5, 0.6) is 0 Å². The minimum absolute atomic E-state index is 0.174. The van der Waals surface area contributed by atoms with Crippen molar-refractivity contribution in [2.24, 2.45) is 5.92 Å². The van der Waals surface area contributed by atoms with Crippen LogP contribution in [0.2, 0.25) is 0 Å². The van der Waals surface area contributed by atoms with Gasteiger partial charge in [-0.05, 0) is 70.0 Å². The van der Waals surface area contributed by atoms with Crippen LogP contribution in [-0.2, 0) is 10.2 Å². The van der Waals surface area contributed by atoms with Gasteiger partial charge in [-0.2, -0.15) is 0 Å². The number of nitrogens with one attached hydrogen (secondary N) is 1. The monoisotopic (exact) mass is 306 g/mol. The molecule has 1 saturated heterocycles. The van der Waals surface area contributed by atoms with Crippen LogP contribution in [0.15, 0.2) is 17.5 Å². The molecule has 1 amide bonds. The molecule has 1 aliphatic carbocycles. The molecule has 2 heterocycles. The van der Waals surface area contributed by atoms with Gasteiger partial charge in [0.15, 0.2) is 0 Å². The molecule has 0 unspecified atom stereocenters. The summed E-state index contributed by atoms with van der Waals surface area (Å²) in [5, 5.41) is 5.31. The average molecular weight is 306 g/mol. The maximum Gasteiger partial charge on any atom is 0.231 e. The van der Waals surface area contributed by atoms with E-state index < -0.39 is 0 Å². The van der Waals surface area contributed by atoms with Crippen molar-refractivity contribution in [3.05, 3.63) is 22.4 Å². The van der Waals surface area contributed by atoms with Crippen molar-refractivity contribution in [3.63, 3.8) is 0 Å². The number of nitrogens with zero attached hydrogens (tertiary/aromatic N) is 1. The topological polar surface area (TPSA) is 32.3 Å².